The van der Waals surface area contributed by atoms with Crippen molar-refractivity contribution in [3.05, 3.63) is 99.5 Å². The maximum Gasteiger partial charge on any atom is 0.349 e. The third-order valence-electron chi connectivity index (χ3n) is 4.69. The van der Waals surface area contributed by atoms with E-state index >= 15 is 0 Å². The number of hydrogen-bond donors (Lipinski definition) is 2. The number of carbonyl (C=O) groups excluding carboxylic acids is 3. The number of anilines is 1. The molecule has 3 aromatic carbocycles. The molecule has 0 aliphatic rings. The lowest BCUT2D eigenvalue weighted by Gasteiger charge is -2.23. The molecule has 0 unspecified atom stereocenters. The summed E-state index contributed by atoms with van der Waals surface area (Å²) < 4.78 is 10.3. The van der Waals surface area contributed by atoms with E-state index in [-0.39, 0.29) is 16.8 Å². The summed E-state index contributed by atoms with van der Waals surface area (Å²) >= 11 is 11.6. The zero-order chi connectivity index (χ0) is 26.2. The van der Waals surface area contributed by atoms with Gasteiger partial charge in [0.25, 0.3) is 5.91 Å². The van der Waals surface area contributed by atoms with E-state index in [0.717, 1.165) is 0 Å². The number of carboxylic acids is 1. The zero-order valence-corrected chi connectivity index (χ0v) is 19.7. The van der Waals surface area contributed by atoms with E-state index in [1.54, 1.807) is 0 Å². The van der Waals surface area contributed by atoms with Gasteiger partial charge in [-0.2, -0.15) is 5.26 Å². The van der Waals surface area contributed by atoms with E-state index in [1.807, 2.05) is 6.07 Å². The Bertz CT molecular complexity index is 1320. The molecule has 0 aliphatic heterocycles. The van der Waals surface area contributed by atoms with Crippen LogP contribution in [0.1, 0.15) is 26.3 Å². The topological polar surface area (TPSA) is 143 Å². The van der Waals surface area contributed by atoms with Crippen LogP contribution in [0.3, 0.4) is 0 Å². The second-order valence-corrected chi connectivity index (χ2v) is 8.06. The van der Waals surface area contributed by atoms with Crippen LogP contribution in [0.15, 0.2) is 72.8 Å². The maximum atomic E-state index is 13.1. The molecule has 0 spiro atoms. The molecule has 2 atom stereocenters. The van der Waals surface area contributed by atoms with Crippen molar-refractivity contribution >= 4 is 52.7 Å². The van der Waals surface area contributed by atoms with Crippen molar-refractivity contribution in [3.8, 4) is 6.07 Å². The summed E-state index contributed by atoms with van der Waals surface area (Å²) in [4.78, 5) is 50.4. The smallest absolute Gasteiger partial charge is 0.349 e. The summed E-state index contributed by atoms with van der Waals surface area (Å²) in [5.74, 6) is -4.96. The van der Waals surface area contributed by atoms with E-state index in [4.69, 9.17) is 37.9 Å². The summed E-state index contributed by atoms with van der Waals surface area (Å²) in [6.07, 6.45) is -4.29. The highest BCUT2D eigenvalue weighted by atomic mass is 35.5. The molecule has 182 valence electrons. The minimum absolute atomic E-state index is 0.0243. The standard InChI is InChI=1S/C25H16Cl2N2O7/c26-17-7-3-15(4-8-17)24(33)35-20(22(30)29-19-11-1-14(13-28)2-12-19)21(23(31)32)36-25(34)16-5-9-18(27)10-6-16/h1-12,20-21H,(H,29,30)(H,31,32)/t20-,21+/m1/s1. The van der Waals surface area contributed by atoms with E-state index in [1.165, 1.54) is 72.8 Å². The Morgan fingerprint density at radius 2 is 1.19 bits per heavy atom. The average molecular weight is 527 g/mol. The van der Waals surface area contributed by atoms with Crippen LogP contribution in [-0.2, 0) is 19.1 Å². The number of rotatable bonds is 8. The van der Waals surface area contributed by atoms with Gasteiger partial charge in [0, 0.05) is 15.7 Å². The van der Waals surface area contributed by atoms with Gasteiger partial charge in [0.1, 0.15) is 0 Å². The molecule has 0 bridgehead atoms. The fraction of sp³-hybridized carbons (Fsp3) is 0.0800. The molecule has 0 fully saturated rings. The van der Waals surface area contributed by atoms with Crippen LogP contribution in [-0.4, -0.2) is 41.1 Å². The van der Waals surface area contributed by atoms with E-state index in [9.17, 15) is 24.3 Å². The van der Waals surface area contributed by atoms with Gasteiger partial charge in [-0.1, -0.05) is 23.2 Å². The van der Waals surface area contributed by atoms with Crippen molar-refractivity contribution in [2.75, 3.05) is 5.32 Å². The normalized spacial score (nSPS) is 11.9. The molecule has 0 aliphatic carbocycles. The zero-order valence-electron chi connectivity index (χ0n) is 18.2. The molecule has 0 saturated carbocycles. The molecule has 1 amide bonds. The van der Waals surface area contributed by atoms with Gasteiger partial charge in [0.05, 0.1) is 22.8 Å². The second-order valence-electron chi connectivity index (χ2n) is 7.18. The predicted molar refractivity (Wildman–Crippen MR) is 129 cm³/mol. The van der Waals surface area contributed by atoms with Gasteiger partial charge in [-0.3, -0.25) is 4.79 Å². The van der Waals surface area contributed by atoms with Crippen molar-refractivity contribution in [1.82, 2.24) is 0 Å². The first-order chi connectivity index (χ1) is 17.2. The van der Waals surface area contributed by atoms with Crippen molar-refractivity contribution < 1.29 is 33.8 Å². The Hall–Kier alpha value is -4.39. The largest absolute Gasteiger partial charge is 0.478 e. The maximum absolute atomic E-state index is 13.1. The summed E-state index contributed by atoms with van der Waals surface area (Å²) in [6, 6.07) is 18.4. The molecule has 0 aromatic heterocycles. The van der Waals surface area contributed by atoms with E-state index < -0.39 is 36.0 Å². The molecule has 11 heteroatoms. The lowest BCUT2D eigenvalue weighted by molar-refractivity contribution is -0.157. The number of halogens is 2. The SMILES string of the molecule is N#Cc1ccc(NC(=O)[C@H](OC(=O)c2ccc(Cl)cc2)[C@H](OC(=O)c2ccc(Cl)cc2)C(=O)O)cc1. The Morgan fingerprint density at radius 3 is 1.61 bits per heavy atom. The Morgan fingerprint density at radius 1 is 0.750 bits per heavy atom. The van der Waals surface area contributed by atoms with Crippen LogP contribution >= 0.6 is 23.2 Å². The molecule has 36 heavy (non-hydrogen) atoms. The van der Waals surface area contributed by atoms with Crippen molar-refractivity contribution in [3.63, 3.8) is 0 Å². The monoisotopic (exact) mass is 526 g/mol. The molecule has 9 nitrogen and oxygen atoms in total. The Labute approximate surface area is 214 Å². The van der Waals surface area contributed by atoms with Crippen molar-refractivity contribution in [1.29, 1.82) is 5.26 Å². The Kier molecular flexibility index (Phi) is 8.62. The van der Waals surface area contributed by atoms with Crippen LogP contribution in [0.25, 0.3) is 0 Å². The van der Waals surface area contributed by atoms with Crippen molar-refractivity contribution in [2.24, 2.45) is 0 Å². The summed E-state index contributed by atoms with van der Waals surface area (Å²) in [6.45, 7) is 0. The first-order valence-corrected chi connectivity index (χ1v) is 10.9. The van der Waals surface area contributed by atoms with E-state index in [0.29, 0.717) is 15.6 Å². The minimum atomic E-state index is -2.21. The molecular formula is C25H16Cl2N2O7. The number of amides is 1. The van der Waals surface area contributed by atoms with E-state index in [2.05, 4.69) is 5.32 Å². The second kappa shape index (κ2) is 11.8. The summed E-state index contributed by atoms with van der Waals surface area (Å²) in [5.41, 5.74) is 0.434. The third kappa shape index (κ3) is 6.82. The first kappa shape index (κ1) is 26.2. The number of hydrogen-bond acceptors (Lipinski definition) is 7. The molecule has 0 saturated heterocycles. The number of nitrogens with zero attached hydrogens (tertiary/aromatic N) is 1. The van der Waals surface area contributed by atoms with Gasteiger partial charge >= 0.3 is 17.9 Å². The van der Waals surface area contributed by atoms with Gasteiger partial charge in [0.15, 0.2) is 0 Å². The number of benzene rings is 3. The molecule has 2 N–H and O–H groups in total. The fourth-order valence-corrected chi connectivity index (χ4v) is 3.13. The molecular weight excluding hydrogens is 511 g/mol. The van der Waals surface area contributed by atoms with Crippen LogP contribution in [0.2, 0.25) is 10.0 Å². The number of nitrogens with one attached hydrogen (secondary N) is 1. The number of ether oxygens (including phenoxy) is 2. The quantitative estimate of drug-likeness (QED) is 0.412. The highest BCUT2D eigenvalue weighted by Gasteiger charge is 2.41. The lowest BCUT2D eigenvalue weighted by Crippen LogP contribution is -2.48. The number of esters is 2. The number of carboxylic acid groups (broad SMARTS) is 1. The predicted octanol–water partition coefficient (Wildman–Crippen LogP) is 4.34. The van der Waals surface area contributed by atoms with Crippen LogP contribution in [0, 0.1) is 11.3 Å². The van der Waals surface area contributed by atoms with Gasteiger partial charge in [0.2, 0.25) is 12.2 Å². The molecule has 0 radical (unpaired) electrons. The van der Waals surface area contributed by atoms with Gasteiger partial charge < -0.3 is 19.9 Å². The summed E-state index contributed by atoms with van der Waals surface area (Å²) in [5, 5.41) is 21.8. The highest BCUT2D eigenvalue weighted by Crippen LogP contribution is 2.18. The van der Waals surface area contributed by atoms with Crippen LogP contribution in [0.5, 0.6) is 0 Å². The number of aliphatic carboxylic acids is 1. The van der Waals surface area contributed by atoms with Gasteiger partial charge in [-0.05, 0) is 72.8 Å². The summed E-state index contributed by atoms with van der Waals surface area (Å²) in [7, 11) is 0. The van der Waals surface area contributed by atoms with Gasteiger partial charge in [-0.25, -0.2) is 14.4 Å². The third-order valence-corrected chi connectivity index (χ3v) is 5.19. The van der Waals surface area contributed by atoms with Crippen molar-refractivity contribution in [2.45, 2.75) is 12.2 Å². The minimum Gasteiger partial charge on any atom is -0.478 e. The molecule has 3 aromatic rings. The fourth-order valence-electron chi connectivity index (χ4n) is 2.87. The average Bonchev–Trinajstić information content (AvgIpc) is 2.87. The highest BCUT2D eigenvalue weighted by molar-refractivity contribution is 6.31. The first-order valence-electron chi connectivity index (χ1n) is 10.1. The Balaban J connectivity index is 1.90. The number of carbonyl (C=O) groups is 4. The van der Waals surface area contributed by atoms with Crippen LogP contribution < -0.4 is 5.32 Å². The number of nitriles is 1. The lowest BCUT2D eigenvalue weighted by atomic mass is 10.1. The molecule has 3 rings (SSSR count). The molecule has 0 heterocycles. The van der Waals surface area contributed by atoms with Crippen LogP contribution in [0.4, 0.5) is 5.69 Å². The van der Waals surface area contributed by atoms with Gasteiger partial charge in [-0.15, -0.1) is 0 Å².